The van der Waals surface area contributed by atoms with Gasteiger partial charge in [-0.3, -0.25) is 4.68 Å². The molecule has 0 unspecified atom stereocenters. The average Bonchev–Trinajstić information content (AvgIpc) is 2.75. The number of hydrogen-bond acceptors (Lipinski definition) is 1. The van der Waals surface area contributed by atoms with E-state index in [1.54, 1.807) is 0 Å². The van der Waals surface area contributed by atoms with Gasteiger partial charge in [-0.05, 0) is 47.2 Å². The van der Waals surface area contributed by atoms with Gasteiger partial charge in [0.25, 0.3) is 0 Å². The quantitative estimate of drug-likeness (QED) is 0.755. The van der Waals surface area contributed by atoms with Crippen LogP contribution in [0.15, 0.2) is 34.9 Å². The van der Waals surface area contributed by atoms with Crippen LogP contribution in [0.2, 0.25) is 0 Å². The molecule has 0 atom stereocenters. The van der Waals surface area contributed by atoms with Crippen LogP contribution in [-0.2, 0) is 6.54 Å². The van der Waals surface area contributed by atoms with Crippen molar-refractivity contribution in [1.29, 1.82) is 0 Å². The number of aryl methyl sites for hydroxylation is 1. The van der Waals surface area contributed by atoms with E-state index in [9.17, 15) is 0 Å². The molecule has 2 nitrogen and oxygen atoms in total. The van der Waals surface area contributed by atoms with Crippen molar-refractivity contribution in [3.8, 4) is 11.1 Å². The standard InChI is InChI=1S/C17H21BrN2/c1-13-16(15-10-6-3-7-11-15)17(18)20(19-13)12-14-8-4-2-5-9-14/h3,6-7,10-11,14H,2,4-5,8-9,12H2,1H3. The van der Waals surface area contributed by atoms with Crippen LogP contribution < -0.4 is 0 Å². The van der Waals surface area contributed by atoms with Crippen LogP contribution in [0.3, 0.4) is 0 Å². The molecule has 1 aliphatic carbocycles. The fourth-order valence-electron chi connectivity index (χ4n) is 3.22. The third kappa shape index (κ3) is 2.83. The second kappa shape index (κ2) is 6.13. The summed E-state index contributed by atoms with van der Waals surface area (Å²) in [5.41, 5.74) is 3.59. The third-order valence-corrected chi connectivity index (χ3v) is 5.09. The predicted molar refractivity (Wildman–Crippen MR) is 86.7 cm³/mol. The molecule has 1 aliphatic rings. The monoisotopic (exact) mass is 332 g/mol. The van der Waals surface area contributed by atoms with E-state index in [0.717, 1.165) is 22.8 Å². The SMILES string of the molecule is Cc1nn(CC2CCCCC2)c(Br)c1-c1ccccc1. The first-order valence-electron chi connectivity index (χ1n) is 7.54. The number of aromatic nitrogens is 2. The fraction of sp³-hybridized carbons (Fsp3) is 0.471. The Balaban J connectivity index is 1.87. The molecule has 1 aromatic heterocycles. The number of rotatable bonds is 3. The van der Waals surface area contributed by atoms with Crippen molar-refractivity contribution >= 4 is 15.9 Å². The van der Waals surface area contributed by atoms with E-state index in [2.05, 4.69) is 57.9 Å². The van der Waals surface area contributed by atoms with E-state index in [4.69, 9.17) is 5.10 Å². The van der Waals surface area contributed by atoms with Crippen LogP contribution in [0.5, 0.6) is 0 Å². The average molecular weight is 333 g/mol. The lowest BCUT2D eigenvalue weighted by Gasteiger charge is -2.21. The molecule has 0 spiro atoms. The van der Waals surface area contributed by atoms with Gasteiger partial charge >= 0.3 is 0 Å². The topological polar surface area (TPSA) is 17.8 Å². The highest BCUT2D eigenvalue weighted by Crippen LogP contribution is 2.33. The molecule has 1 heterocycles. The zero-order valence-electron chi connectivity index (χ0n) is 12.0. The normalized spacial score (nSPS) is 16.5. The van der Waals surface area contributed by atoms with Gasteiger partial charge in [0, 0.05) is 12.1 Å². The van der Waals surface area contributed by atoms with Crippen molar-refractivity contribution in [3.05, 3.63) is 40.6 Å². The second-order valence-electron chi connectivity index (χ2n) is 5.80. The maximum absolute atomic E-state index is 4.75. The Morgan fingerprint density at radius 2 is 1.85 bits per heavy atom. The molecule has 0 bridgehead atoms. The zero-order chi connectivity index (χ0) is 13.9. The first-order valence-corrected chi connectivity index (χ1v) is 8.33. The van der Waals surface area contributed by atoms with Gasteiger partial charge in [0.15, 0.2) is 0 Å². The molecule has 0 radical (unpaired) electrons. The number of benzene rings is 1. The van der Waals surface area contributed by atoms with Crippen molar-refractivity contribution < 1.29 is 0 Å². The smallest absolute Gasteiger partial charge is 0.112 e. The van der Waals surface area contributed by atoms with E-state index in [1.165, 1.54) is 43.2 Å². The van der Waals surface area contributed by atoms with Crippen LogP contribution in [0.1, 0.15) is 37.8 Å². The Labute approximate surface area is 129 Å². The summed E-state index contributed by atoms with van der Waals surface area (Å²) >= 11 is 3.77. The highest BCUT2D eigenvalue weighted by Gasteiger charge is 2.19. The lowest BCUT2D eigenvalue weighted by molar-refractivity contribution is 0.305. The highest BCUT2D eigenvalue weighted by atomic mass is 79.9. The maximum atomic E-state index is 4.75. The molecule has 3 heteroatoms. The molecule has 0 amide bonds. The van der Waals surface area contributed by atoms with Gasteiger partial charge in [-0.15, -0.1) is 0 Å². The lowest BCUT2D eigenvalue weighted by Crippen LogP contribution is -2.15. The second-order valence-corrected chi connectivity index (χ2v) is 6.55. The Morgan fingerprint density at radius 3 is 2.55 bits per heavy atom. The maximum Gasteiger partial charge on any atom is 0.112 e. The van der Waals surface area contributed by atoms with Gasteiger partial charge in [-0.25, -0.2) is 0 Å². The van der Waals surface area contributed by atoms with Gasteiger partial charge in [0.05, 0.1) is 5.69 Å². The number of hydrogen-bond donors (Lipinski definition) is 0. The van der Waals surface area contributed by atoms with E-state index in [-0.39, 0.29) is 0 Å². The summed E-state index contributed by atoms with van der Waals surface area (Å²) in [6.45, 7) is 3.15. The van der Waals surface area contributed by atoms with Gasteiger partial charge in [0.2, 0.25) is 0 Å². The molecule has 20 heavy (non-hydrogen) atoms. The summed E-state index contributed by atoms with van der Waals surface area (Å²) in [6, 6.07) is 10.5. The fourth-order valence-corrected chi connectivity index (χ4v) is 3.96. The van der Waals surface area contributed by atoms with Crippen LogP contribution >= 0.6 is 15.9 Å². The molecule has 1 saturated carbocycles. The molecule has 0 aliphatic heterocycles. The largest absolute Gasteiger partial charge is 0.257 e. The number of nitrogens with zero attached hydrogens (tertiary/aromatic N) is 2. The van der Waals surface area contributed by atoms with Crippen LogP contribution in [0, 0.1) is 12.8 Å². The van der Waals surface area contributed by atoms with E-state index < -0.39 is 0 Å². The summed E-state index contributed by atoms with van der Waals surface area (Å²) in [6.07, 6.45) is 6.88. The summed E-state index contributed by atoms with van der Waals surface area (Å²) in [7, 11) is 0. The minimum absolute atomic E-state index is 0.794. The van der Waals surface area contributed by atoms with Crippen molar-refractivity contribution in [2.75, 3.05) is 0 Å². The van der Waals surface area contributed by atoms with E-state index in [0.29, 0.717) is 0 Å². The van der Waals surface area contributed by atoms with E-state index >= 15 is 0 Å². The Bertz CT molecular complexity index is 568. The Hall–Kier alpha value is -1.09. The molecule has 1 aromatic carbocycles. The van der Waals surface area contributed by atoms with Gasteiger partial charge in [-0.2, -0.15) is 5.10 Å². The van der Waals surface area contributed by atoms with Crippen LogP contribution in [-0.4, -0.2) is 9.78 Å². The minimum Gasteiger partial charge on any atom is -0.257 e. The highest BCUT2D eigenvalue weighted by molar-refractivity contribution is 9.10. The van der Waals surface area contributed by atoms with Gasteiger partial charge in [-0.1, -0.05) is 49.6 Å². The molecule has 2 aromatic rings. The Morgan fingerprint density at radius 1 is 1.15 bits per heavy atom. The van der Waals surface area contributed by atoms with Crippen LogP contribution in [0.4, 0.5) is 0 Å². The molecule has 1 fully saturated rings. The summed E-state index contributed by atoms with van der Waals surface area (Å²) in [5, 5.41) is 4.75. The van der Waals surface area contributed by atoms with Crippen molar-refractivity contribution in [3.63, 3.8) is 0 Å². The molecular formula is C17H21BrN2. The van der Waals surface area contributed by atoms with E-state index in [1.807, 2.05) is 0 Å². The first kappa shape index (κ1) is 13.9. The van der Waals surface area contributed by atoms with Crippen molar-refractivity contribution in [1.82, 2.24) is 9.78 Å². The molecular weight excluding hydrogens is 312 g/mol. The molecule has 0 saturated heterocycles. The number of halogens is 1. The first-order chi connectivity index (χ1) is 9.75. The minimum atomic E-state index is 0.794. The zero-order valence-corrected chi connectivity index (χ0v) is 13.6. The van der Waals surface area contributed by atoms with Gasteiger partial charge < -0.3 is 0 Å². The lowest BCUT2D eigenvalue weighted by atomic mass is 9.89. The molecule has 0 N–H and O–H groups in total. The van der Waals surface area contributed by atoms with Crippen molar-refractivity contribution in [2.24, 2.45) is 5.92 Å². The molecule has 106 valence electrons. The van der Waals surface area contributed by atoms with Gasteiger partial charge in [0.1, 0.15) is 4.60 Å². The third-order valence-electron chi connectivity index (χ3n) is 4.28. The Kier molecular flexibility index (Phi) is 4.25. The summed E-state index contributed by atoms with van der Waals surface area (Å²) < 4.78 is 3.29. The van der Waals surface area contributed by atoms with Crippen LogP contribution in [0.25, 0.3) is 11.1 Å². The summed E-state index contributed by atoms with van der Waals surface area (Å²) in [5.74, 6) is 0.794. The predicted octanol–water partition coefficient (Wildman–Crippen LogP) is 5.20. The molecule has 3 rings (SSSR count). The van der Waals surface area contributed by atoms with Crippen molar-refractivity contribution in [2.45, 2.75) is 45.6 Å². The summed E-state index contributed by atoms with van der Waals surface area (Å²) in [4.78, 5) is 0.